The van der Waals surface area contributed by atoms with Crippen molar-refractivity contribution in [2.45, 2.75) is 132 Å². The van der Waals surface area contributed by atoms with Gasteiger partial charge in [0.25, 0.3) is 0 Å². The van der Waals surface area contributed by atoms with Crippen molar-refractivity contribution < 1.29 is 23.7 Å². The summed E-state index contributed by atoms with van der Waals surface area (Å²) in [6.45, 7) is 4.20. The smallest absolute Gasteiger partial charge is 0.0971 e. The first-order chi connectivity index (χ1) is 15.7. The summed E-state index contributed by atoms with van der Waals surface area (Å²) in [6.07, 6.45) is 20.2. The van der Waals surface area contributed by atoms with Crippen LogP contribution in [0.5, 0.6) is 0 Å². The Balaban J connectivity index is 1.31. The van der Waals surface area contributed by atoms with Gasteiger partial charge in [-0.05, 0) is 57.8 Å². The molecule has 5 rings (SSSR count). The third-order valence-electron chi connectivity index (χ3n) is 9.56. The molecule has 0 N–H and O–H groups in total. The van der Waals surface area contributed by atoms with E-state index < -0.39 is 0 Å². The van der Waals surface area contributed by atoms with Crippen LogP contribution in [-0.2, 0) is 23.7 Å². The summed E-state index contributed by atoms with van der Waals surface area (Å²) in [7, 11) is 0. The molecule has 5 aliphatic rings. The Morgan fingerprint density at radius 2 is 0.562 bits per heavy atom. The third kappa shape index (κ3) is 4.30. The van der Waals surface area contributed by atoms with Gasteiger partial charge in [0.2, 0.25) is 0 Å². The molecule has 1 heterocycles. The molecule has 5 nitrogen and oxygen atoms in total. The average molecular weight is 451 g/mol. The lowest BCUT2D eigenvalue weighted by Crippen LogP contribution is -2.62. The first-order valence-electron chi connectivity index (χ1n) is 13.9. The fourth-order valence-electron chi connectivity index (χ4n) is 8.00. The van der Waals surface area contributed by atoms with Crippen LogP contribution in [0.3, 0.4) is 0 Å². The zero-order valence-corrected chi connectivity index (χ0v) is 20.3. The van der Waals surface area contributed by atoms with Crippen molar-refractivity contribution >= 4 is 0 Å². The predicted octanol–water partition coefficient (Wildman–Crippen LogP) is 5.72. The molecule has 0 atom stereocenters. The van der Waals surface area contributed by atoms with Crippen LogP contribution in [0.15, 0.2) is 0 Å². The molecular weight excluding hydrogens is 404 g/mol. The van der Waals surface area contributed by atoms with Crippen LogP contribution in [0.4, 0.5) is 0 Å². The lowest BCUT2D eigenvalue weighted by molar-refractivity contribution is -0.263. The van der Waals surface area contributed by atoms with E-state index in [0.717, 1.165) is 71.0 Å². The van der Waals surface area contributed by atoms with Crippen molar-refractivity contribution in [3.8, 4) is 0 Å². The molecule has 0 aromatic rings. The lowest BCUT2D eigenvalue weighted by Gasteiger charge is -2.56. The van der Waals surface area contributed by atoms with Crippen molar-refractivity contribution in [2.75, 3.05) is 39.6 Å². The van der Waals surface area contributed by atoms with Gasteiger partial charge in [0, 0.05) is 13.2 Å². The summed E-state index contributed by atoms with van der Waals surface area (Å²) >= 11 is 0. The van der Waals surface area contributed by atoms with E-state index in [4.69, 9.17) is 23.7 Å². The maximum atomic E-state index is 6.82. The minimum absolute atomic E-state index is 0.0958. The predicted molar refractivity (Wildman–Crippen MR) is 124 cm³/mol. The summed E-state index contributed by atoms with van der Waals surface area (Å²) in [5.74, 6) is 0. The van der Waals surface area contributed by atoms with E-state index in [-0.39, 0.29) is 22.4 Å². The molecule has 0 spiro atoms. The van der Waals surface area contributed by atoms with E-state index in [2.05, 4.69) is 0 Å². The monoisotopic (exact) mass is 450 g/mol. The maximum absolute atomic E-state index is 6.82. The van der Waals surface area contributed by atoms with Crippen molar-refractivity contribution in [3.05, 3.63) is 0 Å². The van der Waals surface area contributed by atoms with E-state index in [9.17, 15) is 0 Å². The quantitative estimate of drug-likeness (QED) is 0.472. The molecule has 32 heavy (non-hydrogen) atoms. The Kier molecular flexibility index (Phi) is 7.50. The number of hydrogen-bond acceptors (Lipinski definition) is 5. The number of hydrogen-bond donors (Lipinski definition) is 0. The van der Waals surface area contributed by atoms with Gasteiger partial charge in [-0.25, -0.2) is 0 Å². The zero-order chi connectivity index (χ0) is 21.8. The molecule has 0 unspecified atom stereocenters. The standard InChI is InChI=1S/C27H46O5/c1-5-14-26-15-6-2-11-24(26,10-1)29-18-9-19-30-25-12-3-7-16-27(25,17-8-4-13-25)32-23-21-28-20-22-31-26/h1-23H2/t24-,25-,26+,27+. The topological polar surface area (TPSA) is 46.2 Å². The van der Waals surface area contributed by atoms with Gasteiger partial charge >= 0.3 is 0 Å². The van der Waals surface area contributed by atoms with E-state index in [1.165, 1.54) is 51.4 Å². The highest BCUT2D eigenvalue weighted by molar-refractivity contribution is 5.09. The van der Waals surface area contributed by atoms with Gasteiger partial charge in [-0.3, -0.25) is 0 Å². The summed E-state index contributed by atoms with van der Waals surface area (Å²) in [5, 5.41) is 0. The van der Waals surface area contributed by atoms with Crippen molar-refractivity contribution in [2.24, 2.45) is 0 Å². The largest absolute Gasteiger partial charge is 0.377 e. The summed E-state index contributed by atoms with van der Waals surface area (Å²) in [6, 6.07) is 0. The molecule has 5 fully saturated rings. The second-order valence-electron chi connectivity index (χ2n) is 11.2. The Morgan fingerprint density at radius 1 is 0.281 bits per heavy atom. The average Bonchev–Trinajstić information content (AvgIpc) is 2.83. The highest BCUT2D eigenvalue weighted by Gasteiger charge is 2.57. The fraction of sp³-hybridized carbons (Fsp3) is 1.00. The first kappa shape index (κ1) is 23.5. The van der Waals surface area contributed by atoms with Crippen LogP contribution >= 0.6 is 0 Å². The second-order valence-corrected chi connectivity index (χ2v) is 11.2. The molecule has 4 saturated carbocycles. The van der Waals surface area contributed by atoms with Gasteiger partial charge in [-0.1, -0.05) is 51.4 Å². The molecule has 184 valence electrons. The van der Waals surface area contributed by atoms with Crippen molar-refractivity contribution in [1.82, 2.24) is 0 Å². The highest BCUT2D eigenvalue weighted by atomic mass is 16.6. The van der Waals surface area contributed by atoms with E-state index >= 15 is 0 Å². The molecule has 0 bridgehead atoms. The van der Waals surface area contributed by atoms with Gasteiger partial charge in [0.1, 0.15) is 0 Å². The second kappa shape index (κ2) is 10.2. The first-order valence-corrected chi connectivity index (χ1v) is 13.9. The van der Waals surface area contributed by atoms with Crippen LogP contribution in [0, 0.1) is 0 Å². The Bertz CT molecular complexity index is 531. The molecule has 1 aliphatic heterocycles. The van der Waals surface area contributed by atoms with E-state index in [1.807, 2.05) is 0 Å². The van der Waals surface area contributed by atoms with Crippen molar-refractivity contribution in [1.29, 1.82) is 0 Å². The highest BCUT2D eigenvalue weighted by Crippen LogP contribution is 2.53. The van der Waals surface area contributed by atoms with E-state index in [0.29, 0.717) is 26.4 Å². The van der Waals surface area contributed by atoms with Gasteiger partial charge < -0.3 is 23.7 Å². The Hall–Kier alpha value is -0.200. The molecule has 4 aliphatic carbocycles. The van der Waals surface area contributed by atoms with Crippen LogP contribution in [0.25, 0.3) is 0 Å². The van der Waals surface area contributed by atoms with E-state index in [1.54, 1.807) is 0 Å². The number of rotatable bonds is 0. The molecule has 0 aromatic heterocycles. The van der Waals surface area contributed by atoms with Gasteiger partial charge in [-0.15, -0.1) is 0 Å². The molecular formula is C27H46O5. The fourth-order valence-corrected chi connectivity index (χ4v) is 8.00. The van der Waals surface area contributed by atoms with Crippen LogP contribution in [0.1, 0.15) is 109 Å². The molecule has 1 saturated heterocycles. The van der Waals surface area contributed by atoms with Crippen LogP contribution in [-0.4, -0.2) is 62.0 Å². The van der Waals surface area contributed by atoms with Gasteiger partial charge in [-0.2, -0.15) is 0 Å². The van der Waals surface area contributed by atoms with Gasteiger partial charge in [0.15, 0.2) is 0 Å². The summed E-state index contributed by atoms with van der Waals surface area (Å²) in [4.78, 5) is 0. The molecule has 5 heteroatoms. The molecule has 0 radical (unpaired) electrons. The molecule has 0 aromatic carbocycles. The normalized spacial score (nSPS) is 45.0. The molecule has 0 amide bonds. The van der Waals surface area contributed by atoms with Gasteiger partial charge in [0.05, 0.1) is 48.8 Å². The lowest BCUT2D eigenvalue weighted by atomic mass is 9.63. The maximum Gasteiger partial charge on any atom is 0.0971 e. The van der Waals surface area contributed by atoms with Crippen molar-refractivity contribution in [3.63, 3.8) is 0 Å². The Morgan fingerprint density at radius 3 is 0.875 bits per heavy atom. The SMILES string of the molecule is C1CO[C@]23CCCC[C@]2(CCCC3)OCCOCCO[C@]23CCCC[C@]2(CCCC3)OC1. The minimum Gasteiger partial charge on any atom is -0.377 e. The third-order valence-corrected chi connectivity index (χ3v) is 9.56. The van der Waals surface area contributed by atoms with Crippen LogP contribution in [0.2, 0.25) is 0 Å². The minimum atomic E-state index is -0.109. The summed E-state index contributed by atoms with van der Waals surface area (Å²) < 4.78 is 33.0. The zero-order valence-electron chi connectivity index (χ0n) is 20.3. The Labute approximate surface area is 195 Å². The number of ether oxygens (including phenoxy) is 5. The van der Waals surface area contributed by atoms with Crippen LogP contribution < -0.4 is 0 Å². The summed E-state index contributed by atoms with van der Waals surface area (Å²) in [5.41, 5.74) is -0.410.